The van der Waals surface area contributed by atoms with E-state index < -0.39 is 67.4 Å². The van der Waals surface area contributed by atoms with Gasteiger partial charge in [0, 0.05) is 44.4 Å². The first-order chi connectivity index (χ1) is 24.6. The van der Waals surface area contributed by atoms with E-state index >= 15 is 0 Å². The topological polar surface area (TPSA) is 106 Å². The van der Waals surface area contributed by atoms with E-state index in [1.807, 2.05) is 6.55 Å². The smallest absolute Gasteiger partial charge is 0.431 e. The summed E-state index contributed by atoms with van der Waals surface area (Å²) in [5, 5.41) is 0. The molecular formula is C32H29BrF8N4O6Si2. The predicted molar refractivity (Wildman–Crippen MR) is 190 cm³/mol. The molecule has 0 fully saturated rings. The molecule has 0 unspecified atom stereocenters. The minimum absolute atomic E-state index is 0.00915. The van der Waals surface area contributed by atoms with Crippen molar-refractivity contribution >= 4 is 35.0 Å². The van der Waals surface area contributed by atoms with Crippen LogP contribution in [0.25, 0.3) is 11.4 Å². The number of benzene rings is 2. The molecule has 4 rings (SSSR count). The number of methoxy groups -OCH3 is 2. The molecule has 0 atom stereocenters. The number of hydrogen-bond donors (Lipinski definition) is 0. The normalized spacial score (nSPS) is 11.3. The van der Waals surface area contributed by atoms with Gasteiger partial charge in [-0.1, -0.05) is 19.0 Å². The molecule has 284 valence electrons. The third-order valence-electron chi connectivity index (χ3n) is 6.80. The fraction of sp³-hybridized carbons (Fsp3) is 0.250. The zero-order chi connectivity index (χ0) is 40.6. The predicted octanol–water partition coefficient (Wildman–Crippen LogP) is 3.49. The van der Waals surface area contributed by atoms with Gasteiger partial charge < -0.3 is 9.47 Å². The highest BCUT2D eigenvalue weighted by Gasteiger charge is 2.36. The third kappa shape index (κ3) is 10.3. The fourth-order valence-electron chi connectivity index (χ4n) is 4.26. The van der Waals surface area contributed by atoms with Crippen molar-refractivity contribution in [2.45, 2.75) is 25.4 Å². The number of nitrogens with zero attached hydrogens (tertiary/aromatic N) is 4. The number of alkyl halides is 6. The highest BCUT2D eigenvalue weighted by molar-refractivity contribution is 9.10. The first kappa shape index (κ1) is 44.0. The zero-order valence-corrected chi connectivity index (χ0v) is 33.0. The molecule has 2 aromatic heterocycles. The van der Waals surface area contributed by atoms with Gasteiger partial charge in [0.2, 0.25) is 0 Å². The van der Waals surface area contributed by atoms with Crippen molar-refractivity contribution in [1.29, 1.82) is 0 Å². The Morgan fingerprint density at radius 3 is 1.45 bits per heavy atom. The first-order valence-corrected chi connectivity index (χ1v) is 19.8. The fourth-order valence-corrected chi connectivity index (χ4v) is 4.95. The Balaban J connectivity index is 0.000000335. The summed E-state index contributed by atoms with van der Waals surface area (Å²) in [6.07, 6.45) is -4.92. The summed E-state index contributed by atoms with van der Waals surface area (Å²) in [4.78, 5) is 48.6. The lowest BCUT2D eigenvalue weighted by Gasteiger charge is -2.16. The van der Waals surface area contributed by atoms with Gasteiger partial charge in [-0.25, -0.2) is 27.5 Å². The molecule has 0 saturated heterocycles. The molecule has 0 bridgehead atoms. The van der Waals surface area contributed by atoms with Crippen LogP contribution >= 0.6 is 15.9 Å². The monoisotopic (exact) mass is 852 g/mol. The van der Waals surface area contributed by atoms with Crippen LogP contribution in [0.1, 0.15) is 17.0 Å². The van der Waals surface area contributed by atoms with E-state index in [2.05, 4.69) is 39.5 Å². The van der Waals surface area contributed by atoms with Crippen LogP contribution in [0.2, 0.25) is 13.1 Å². The molecule has 0 N–H and O–H groups in total. The number of ether oxygens (including phenoxy) is 2. The highest BCUT2D eigenvalue weighted by atomic mass is 79.9. The van der Waals surface area contributed by atoms with Crippen molar-refractivity contribution < 1.29 is 44.6 Å². The molecule has 0 radical (unpaired) electrons. The number of rotatable bonds is 4. The third-order valence-corrected chi connectivity index (χ3v) is 8.34. The number of terminal acetylenes is 1. The van der Waals surface area contributed by atoms with Crippen molar-refractivity contribution in [2.24, 2.45) is 14.1 Å². The van der Waals surface area contributed by atoms with E-state index in [1.165, 1.54) is 20.3 Å². The van der Waals surface area contributed by atoms with Crippen molar-refractivity contribution in [1.82, 2.24) is 18.3 Å². The van der Waals surface area contributed by atoms with Gasteiger partial charge in [0.05, 0.1) is 35.6 Å². The van der Waals surface area contributed by atoms with Gasteiger partial charge in [-0.2, -0.15) is 26.3 Å². The summed E-state index contributed by atoms with van der Waals surface area (Å²) in [7, 11) is 3.48. The number of hydrogen-bond acceptors (Lipinski definition) is 6. The van der Waals surface area contributed by atoms with E-state index in [0.717, 1.165) is 32.3 Å². The lowest BCUT2D eigenvalue weighted by atomic mass is 10.1. The second-order valence-electron chi connectivity index (χ2n) is 10.2. The average molecular weight is 854 g/mol. The molecule has 4 aromatic rings. The summed E-state index contributed by atoms with van der Waals surface area (Å²) in [6.45, 7) is 3.99. The van der Waals surface area contributed by atoms with Crippen LogP contribution in [0.15, 0.2) is 60.0 Å². The van der Waals surface area contributed by atoms with Crippen molar-refractivity contribution in [3.05, 3.63) is 111 Å². The van der Waals surface area contributed by atoms with E-state index in [-0.39, 0.29) is 63.7 Å². The molecular weight excluding hydrogens is 824 g/mol. The van der Waals surface area contributed by atoms with Crippen molar-refractivity contribution in [3.63, 3.8) is 0 Å². The Kier molecular flexibility index (Phi) is 15.0. The first-order valence-electron chi connectivity index (χ1n) is 14.7. The lowest BCUT2D eigenvalue weighted by Crippen LogP contribution is -2.40. The van der Waals surface area contributed by atoms with Crippen LogP contribution in [0.4, 0.5) is 35.1 Å². The van der Waals surface area contributed by atoms with Crippen LogP contribution in [0.5, 0.6) is 11.5 Å². The summed E-state index contributed by atoms with van der Waals surface area (Å²) in [5.41, 5.74) is -3.07. The lowest BCUT2D eigenvalue weighted by molar-refractivity contribution is -0.144. The molecule has 0 aliphatic carbocycles. The van der Waals surface area contributed by atoms with Gasteiger partial charge in [0.1, 0.15) is 53.6 Å². The van der Waals surface area contributed by atoms with Crippen LogP contribution < -0.4 is 32.0 Å². The molecule has 2 heterocycles. The second kappa shape index (κ2) is 18.1. The minimum Gasteiger partial charge on any atom is -0.495 e. The van der Waals surface area contributed by atoms with Crippen LogP contribution in [0.3, 0.4) is 0 Å². The summed E-state index contributed by atoms with van der Waals surface area (Å²) < 4.78 is 117. The molecule has 53 heavy (non-hydrogen) atoms. The van der Waals surface area contributed by atoms with Crippen LogP contribution in [-0.2, 0) is 26.4 Å². The van der Waals surface area contributed by atoms with Crippen molar-refractivity contribution in [2.75, 3.05) is 14.2 Å². The number of aromatic nitrogens is 4. The quantitative estimate of drug-likeness (QED) is 0.177. The van der Waals surface area contributed by atoms with Crippen LogP contribution in [0, 0.1) is 35.1 Å². The average Bonchev–Trinajstić information content (AvgIpc) is 3.08. The molecule has 2 aromatic carbocycles. The highest BCUT2D eigenvalue weighted by Crippen LogP contribution is 2.31. The Labute approximate surface area is 308 Å². The summed E-state index contributed by atoms with van der Waals surface area (Å²) in [6, 6.07) is 4.56. The maximum absolute atomic E-state index is 14.3. The van der Waals surface area contributed by atoms with Gasteiger partial charge in [0.15, 0.2) is 0 Å². The van der Waals surface area contributed by atoms with E-state index in [9.17, 15) is 54.3 Å². The van der Waals surface area contributed by atoms with E-state index in [1.54, 1.807) is 0 Å². The molecule has 0 aliphatic rings. The maximum atomic E-state index is 14.3. The SMILES string of the molecule is C#C[SiH2]C.COc1cc(Br)c(F)cc1-n1c(=O)cc(C(F)(F)F)n(C)c1=O.COc1cc(C#C[SiH2]C)c(F)cc1-n1c(=O)cc(C(F)(F)F)n(C)c1=O. The van der Waals surface area contributed by atoms with Crippen LogP contribution in [-0.4, -0.2) is 51.5 Å². The van der Waals surface area contributed by atoms with Gasteiger partial charge in [-0.3, -0.25) is 18.7 Å². The Bertz CT molecular complexity index is 2350. The van der Waals surface area contributed by atoms with Crippen molar-refractivity contribution in [3.8, 4) is 46.3 Å². The minimum atomic E-state index is -4.88. The Hall–Kier alpha value is -5.13. The van der Waals surface area contributed by atoms with Gasteiger partial charge in [-0.05, 0) is 22.0 Å². The van der Waals surface area contributed by atoms with Gasteiger partial charge in [0.25, 0.3) is 11.1 Å². The maximum Gasteiger partial charge on any atom is 0.431 e. The standard InChI is InChI=1S/C16H14F4N2O3Si.C13H9BrF4N2O3.C3H6Si/c1-21-13(16(18,19)20)8-14(23)22(15(21)24)11-7-10(17)9(4-5-26-3)6-12(11)25-2;1-19-10(13(16,17)18)5-11(21)20(12(19)22)8-4-7(15)6(14)3-9(8)23-2;1-3-4-2/h6-8H,26H2,1-3H3;3-5H,1-2H3;1H,4H2,2H3. The summed E-state index contributed by atoms with van der Waals surface area (Å²) >= 11 is 2.91. The number of halogens is 9. The van der Waals surface area contributed by atoms with Gasteiger partial charge in [-0.15, -0.1) is 17.5 Å². The Morgan fingerprint density at radius 1 is 0.698 bits per heavy atom. The molecule has 0 spiro atoms. The molecule has 10 nitrogen and oxygen atoms in total. The second-order valence-corrected chi connectivity index (χ2v) is 13.3. The van der Waals surface area contributed by atoms with E-state index in [0.29, 0.717) is 9.13 Å². The largest absolute Gasteiger partial charge is 0.495 e. The van der Waals surface area contributed by atoms with E-state index in [4.69, 9.17) is 15.9 Å². The Morgan fingerprint density at radius 2 is 1.09 bits per heavy atom. The van der Waals surface area contributed by atoms with Gasteiger partial charge >= 0.3 is 23.7 Å². The molecule has 0 saturated carbocycles. The molecule has 21 heteroatoms. The molecule has 0 amide bonds. The zero-order valence-electron chi connectivity index (χ0n) is 28.6. The molecule has 0 aliphatic heterocycles. The summed E-state index contributed by atoms with van der Waals surface area (Å²) in [5.74, 6) is 0.877.